The lowest BCUT2D eigenvalue weighted by Gasteiger charge is -2.15. The third kappa shape index (κ3) is 9.66. The van der Waals surface area contributed by atoms with Crippen LogP contribution in [-0.4, -0.2) is 43.4 Å². The van der Waals surface area contributed by atoms with E-state index in [9.17, 15) is 28.2 Å². The molecule has 4 N–H and O–H groups in total. The quantitative estimate of drug-likeness (QED) is 0.118. The molecular weight excluding hydrogens is 809 g/mol. The lowest BCUT2D eigenvalue weighted by atomic mass is 9.92. The maximum Gasteiger partial charge on any atom is 0.258 e. The van der Waals surface area contributed by atoms with Crippen molar-refractivity contribution in [2.75, 3.05) is 12.8 Å². The van der Waals surface area contributed by atoms with Crippen LogP contribution in [0.1, 0.15) is 121 Å². The molecule has 14 heteroatoms. The molecule has 0 radical (unpaired) electrons. The molecule has 0 fully saturated rings. The molecular formula is C44H56N4O6S4. The average Bonchev–Trinajstić information content (AvgIpc) is 4.01. The number of fused-ring (bicyclic) bond motifs is 4. The third-order valence-corrected chi connectivity index (χ3v) is 18.4. The number of nitrogens with two attached hydrogens (primary N) is 1. The average molecular weight is 865 g/mol. The Kier molecular flexibility index (Phi) is 13.5. The van der Waals surface area contributed by atoms with Gasteiger partial charge < -0.3 is 10.2 Å². The number of hydrogen-bond donors (Lipinski definition) is 3. The smallest absolute Gasteiger partial charge is 0.258 e. The zero-order chi connectivity index (χ0) is 42.0. The molecule has 2 aromatic carbocycles. The molecule has 1 amide bonds. The summed E-state index contributed by atoms with van der Waals surface area (Å²) in [5.41, 5.74) is 12.6. The predicted octanol–water partition coefficient (Wildman–Crippen LogP) is 8.51. The molecule has 0 bridgehead atoms. The highest BCUT2D eigenvalue weighted by atomic mass is 32.2. The number of nitrogens with zero attached hydrogens (tertiary/aromatic N) is 3. The van der Waals surface area contributed by atoms with E-state index in [-0.39, 0.29) is 18.1 Å². The van der Waals surface area contributed by atoms with Crippen molar-refractivity contribution in [1.29, 1.82) is 0 Å². The van der Waals surface area contributed by atoms with Crippen LogP contribution in [-0.2, 0) is 98.2 Å². The summed E-state index contributed by atoms with van der Waals surface area (Å²) in [4.78, 5) is 27.4. The van der Waals surface area contributed by atoms with Gasteiger partial charge in [0, 0.05) is 12.8 Å². The van der Waals surface area contributed by atoms with Crippen LogP contribution in [0, 0.1) is 0 Å². The van der Waals surface area contributed by atoms with Crippen LogP contribution < -0.4 is 5.14 Å². The lowest BCUT2D eigenvalue weighted by molar-refractivity contribution is -0.117. The number of aliphatic hydroxyl groups is 2. The molecule has 8 rings (SSSR count). The Hall–Kier alpha value is -3.33. The van der Waals surface area contributed by atoms with Crippen LogP contribution in [0.5, 0.6) is 0 Å². The maximum atomic E-state index is 13.5. The molecule has 2 atom stereocenters. The van der Waals surface area contributed by atoms with E-state index in [0.29, 0.717) is 19.5 Å². The second kappa shape index (κ2) is 17.7. The summed E-state index contributed by atoms with van der Waals surface area (Å²) in [5, 5.41) is 28.9. The van der Waals surface area contributed by atoms with Gasteiger partial charge in [0.15, 0.2) is 0 Å². The van der Waals surface area contributed by atoms with Crippen LogP contribution in [0.3, 0.4) is 0 Å². The highest BCUT2D eigenvalue weighted by molar-refractivity contribution is 7.95. The minimum atomic E-state index is -2.81. The summed E-state index contributed by atoms with van der Waals surface area (Å²) in [6.07, 6.45) is 15.4. The maximum absolute atomic E-state index is 13.5. The molecule has 10 nitrogen and oxygen atoms in total. The van der Waals surface area contributed by atoms with Crippen molar-refractivity contribution in [3.8, 4) is 0 Å². The highest BCUT2D eigenvalue weighted by Crippen LogP contribution is 2.40. The summed E-state index contributed by atoms with van der Waals surface area (Å²) < 4.78 is 34.1. The van der Waals surface area contributed by atoms with Crippen LogP contribution in [0.25, 0.3) is 0 Å². The Bertz CT molecular complexity index is 2450. The number of carbonyl (C=O) groups is 1. The standard InChI is InChI=1S/C23H29NO3S2.C13H13NO.C8H14N2O2S2/c1-4-29(27,22-12-17(14-28-22)23(2,3)26)24-21(25)13-20-18-9-5-7-15(18)11-16-8-6-10-19(16)20;15-8-14-13-11-5-1-3-9(11)7-10-4-2-6-12(10)13;1-8(2,11)6-4-7(13-5-6)14(9,12)10-3/h11-12,14,26H,4-10,13H2,1-3H3;7H,1-6H2;4-5,11H,1-3H3,(H2,9,10,12). The number of hydrogen-bond acceptors (Lipinski definition) is 10. The monoisotopic (exact) mass is 864 g/mol. The Balaban J connectivity index is 0.000000164. The zero-order valence-corrected chi connectivity index (χ0v) is 37.7. The van der Waals surface area contributed by atoms with E-state index >= 15 is 0 Å². The molecule has 58 heavy (non-hydrogen) atoms. The van der Waals surface area contributed by atoms with Gasteiger partial charge in [0.05, 0.1) is 33.0 Å². The molecule has 2 heterocycles. The first kappa shape index (κ1) is 44.2. The molecule has 312 valence electrons. The lowest BCUT2D eigenvalue weighted by Crippen LogP contribution is -2.15. The highest BCUT2D eigenvalue weighted by Gasteiger charge is 2.28. The molecule has 0 aliphatic heterocycles. The SMILES string of the molecule is CCS(=O)(=NC(=O)Cc1c2c(cc3c1CCC3)CCC2)c1cc(C(C)(C)O)cs1.CN=S(N)(=O)c1cc(C(C)(C)O)cs1.O=C=Nc1c2c(cc3c1CCC3)CCC2. The number of aliphatic imine (C=N–C) groups is 1. The topological polar surface area (TPSA) is 172 Å². The van der Waals surface area contributed by atoms with Crippen LogP contribution in [0.4, 0.5) is 5.69 Å². The van der Waals surface area contributed by atoms with Crippen molar-refractivity contribution >= 4 is 60.0 Å². The Morgan fingerprint density at radius 1 is 0.741 bits per heavy atom. The Morgan fingerprint density at radius 2 is 1.17 bits per heavy atom. The fraction of sp³-hybridized carbons (Fsp3) is 0.500. The largest absolute Gasteiger partial charge is 0.386 e. The van der Waals surface area contributed by atoms with Gasteiger partial charge in [-0.15, -0.1) is 22.7 Å². The Morgan fingerprint density at radius 3 is 1.59 bits per heavy atom. The van der Waals surface area contributed by atoms with Gasteiger partial charge in [-0.05, 0) is 189 Å². The number of benzene rings is 2. The first-order valence-corrected chi connectivity index (χ1v) is 25.1. The summed E-state index contributed by atoms with van der Waals surface area (Å²) in [6.45, 7) is 8.54. The normalized spacial score (nSPS) is 17.2. The predicted molar refractivity (Wildman–Crippen MR) is 235 cm³/mol. The van der Waals surface area contributed by atoms with Gasteiger partial charge >= 0.3 is 0 Å². The van der Waals surface area contributed by atoms with Crippen LogP contribution in [0.2, 0.25) is 0 Å². The Labute approximate surface area is 351 Å². The van der Waals surface area contributed by atoms with Crippen molar-refractivity contribution in [3.05, 3.63) is 96.2 Å². The van der Waals surface area contributed by atoms with E-state index in [1.165, 1.54) is 92.6 Å². The van der Waals surface area contributed by atoms with Gasteiger partial charge in [-0.2, -0.15) is 9.36 Å². The molecule has 4 aliphatic carbocycles. The molecule has 0 saturated carbocycles. The molecule has 4 aromatic rings. The second-order valence-electron chi connectivity index (χ2n) is 16.5. The number of isocyanates is 1. The van der Waals surface area contributed by atoms with Crippen LogP contribution >= 0.6 is 22.7 Å². The molecule has 2 aromatic heterocycles. The summed E-state index contributed by atoms with van der Waals surface area (Å²) in [5.74, 6) is -0.000282. The van der Waals surface area contributed by atoms with E-state index in [1.54, 1.807) is 58.2 Å². The minimum Gasteiger partial charge on any atom is -0.386 e. The van der Waals surface area contributed by atoms with Gasteiger partial charge in [-0.3, -0.25) is 4.79 Å². The fourth-order valence-corrected chi connectivity index (χ4v) is 13.8. The number of carbonyl (C=O) groups excluding carboxylic acids is 2. The molecule has 0 spiro atoms. The van der Waals surface area contributed by atoms with Gasteiger partial charge in [-0.25, -0.2) is 22.7 Å². The van der Waals surface area contributed by atoms with E-state index < -0.39 is 30.8 Å². The van der Waals surface area contributed by atoms with E-state index in [0.717, 1.165) is 69.9 Å². The second-order valence-corrected chi connectivity index (χ2v) is 23.3. The summed E-state index contributed by atoms with van der Waals surface area (Å²) in [7, 11) is -4.14. The molecule has 0 saturated heterocycles. The van der Waals surface area contributed by atoms with Crippen molar-refractivity contribution in [1.82, 2.24) is 0 Å². The fourth-order valence-electron chi connectivity index (χ4n) is 8.40. The van der Waals surface area contributed by atoms with Gasteiger partial charge in [0.1, 0.15) is 18.3 Å². The van der Waals surface area contributed by atoms with E-state index in [4.69, 9.17) is 5.14 Å². The van der Waals surface area contributed by atoms with Crippen LogP contribution in [0.15, 0.2) is 57.2 Å². The number of amides is 1. The summed E-state index contributed by atoms with van der Waals surface area (Å²) in [6, 6.07) is 8.08. The van der Waals surface area contributed by atoms with Crippen molar-refractivity contribution in [2.45, 2.75) is 138 Å². The van der Waals surface area contributed by atoms with Crippen molar-refractivity contribution in [3.63, 3.8) is 0 Å². The third-order valence-electron chi connectivity index (χ3n) is 11.6. The van der Waals surface area contributed by atoms with Gasteiger partial charge in [0.2, 0.25) is 6.08 Å². The van der Waals surface area contributed by atoms with Crippen molar-refractivity contribution < 1.29 is 28.2 Å². The number of aryl methyl sites for hydroxylation is 4. The molecule has 2 unspecified atom stereocenters. The minimum absolute atomic E-state index is 0.256. The van der Waals surface area contributed by atoms with Gasteiger partial charge in [0.25, 0.3) is 5.91 Å². The first-order chi connectivity index (χ1) is 27.4. The van der Waals surface area contributed by atoms with E-state index in [2.05, 4.69) is 25.9 Å². The summed E-state index contributed by atoms with van der Waals surface area (Å²) >= 11 is 2.57. The van der Waals surface area contributed by atoms with E-state index in [1.807, 2.05) is 5.38 Å². The molecule has 4 aliphatic rings. The number of rotatable bonds is 8. The van der Waals surface area contributed by atoms with Crippen molar-refractivity contribution in [2.24, 2.45) is 18.9 Å². The number of thiophene rings is 2. The van der Waals surface area contributed by atoms with Gasteiger partial charge in [-0.1, -0.05) is 19.1 Å². The zero-order valence-electron chi connectivity index (χ0n) is 34.4. The first-order valence-electron chi connectivity index (χ1n) is 20.1.